The van der Waals surface area contributed by atoms with Crippen molar-refractivity contribution in [3.8, 4) is 6.07 Å². The van der Waals surface area contributed by atoms with E-state index in [9.17, 15) is 14.4 Å². The van der Waals surface area contributed by atoms with Crippen molar-refractivity contribution in [1.82, 2.24) is 0 Å². The predicted molar refractivity (Wildman–Crippen MR) is 111 cm³/mol. The molecule has 3 aromatic carbocycles. The van der Waals surface area contributed by atoms with Gasteiger partial charge in [-0.1, -0.05) is 42.5 Å². The number of Topliss-reactive ketones (excluding diaryl/α,β-unsaturated/α-hetero) is 1. The Labute approximate surface area is 173 Å². The van der Waals surface area contributed by atoms with Gasteiger partial charge >= 0.3 is 5.97 Å². The summed E-state index contributed by atoms with van der Waals surface area (Å²) < 4.78 is 5.51. The minimum atomic E-state index is -1.20. The smallest absolute Gasteiger partial charge is 0.339 e. The third kappa shape index (κ3) is 4.97. The quantitative estimate of drug-likeness (QED) is 0.493. The SMILES string of the molecule is CC(=O)c1cccc(NC(=O)[C@@H](OC(=O)c2ccc(C#N)cc2)c2ccccc2)c1. The standard InChI is InChI=1S/C24H18N2O4/c1-16(27)20-8-5-9-21(14-20)26-23(28)22(18-6-3-2-4-7-18)30-24(29)19-12-10-17(15-25)11-13-19/h2-14,22H,1H3,(H,26,28)/t22-/m0/s1. The molecule has 1 N–H and O–H groups in total. The van der Waals surface area contributed by atoms with Crippen molar-refractivity contribution in [2.45, 2.75) is 13.0 Å². The summed E-state index contributed by atoms with van der Waals surface area (Å²) in [5, 5.41) is 11.6. The van der Waals surface area contributed by atoms with Gasteiger partial charge in [-0.15, -0.1) is 0 Å². The van der Waals surface area contributed by atoms with Crippen LogP contribution < -0.4 is 5.32 Å². The Kier molecular flexibility index (Phi) is 6.36. The number of nitriles is 1. The summed E-state index contributed by atoms with van der Waals surface area (Å²) in [5.74, 6) is -1.37. The molecule has 0 unspecified atom stereocenters. The lowest BCUT2D eigenvalue weighted by molar-refractivity contribution is -0.125. The number of carbonyl (C=O) groups is 3. The lowest BCUT2D eigenvalue weighted by atomic mass is 10.1. The first-order chi connectivity index (χ1) is 14.5. The number of anilines is 1. The van der Waals surface area contributed by atoms with Crippen LogP contribution in [0.3, 0.4) is 0 Å². The molecule has 148 valence electrons. The van der Waals surface area contributed by atoms with Crippen LogP contribution in [0.1, 0.15) is 44.9 Å². The highest BCUT2D eigenvalue weighted by Gasteiger charge is 2.26. The Hall–Kier alpha value is -4.24. The number of rotatable bonds is 6. The van der Waals surface area contributed by atoms with Crippen LogP contribution in [0.2, 0.25) is 0 Å². The molecule has 3 rings (SSSR count). The molecule has 0 radical (unpaired) electrons. The van der Waals surface area contributed by atoms with Gasteiger partial charge in [0.25, 0.3) is 5.91 Å². The lowest BCUT2D eigenvalue weighted by Crippen LogP contribution is -2.26. The fourth-order valence-electron chi connectivity index (χ4n) is 2.78. The van der Waals surface area contributed by atoms with Gasteiger partial charge in [0.2, 0.25) is 6.10 Å². The second kappa shape index (κ2) is 9.30. The average Bonchev–Trinajstić information content (AvgIpc) is 2.78. The van der Waals surface area contributed by atoms with E-state index in [-0.39, 0.29) is 11.3 Å². The summed E-state index contributed by atoms with van der Waals surface area (Å²) in [7, 11) is 0. The Morgan fingerprint density at radius 2 is 1.60 bits per heavy atom. The zero-order valence-corrected chi connectivity index (χ0v) is 16.2. The summed E-state index contributed by atoms with van der Waals surface area (Å²) in [5.41, 5.74) is 2.01. The monoisotopic (exact) mass is 398 g/mol. The van der Waals surface area contributed by atoms with Crippen LogP contribution in [0.5, 0.6) is 0 Å². The minimum Gasteiger partial charge on any atom is -0.444 e. The van der Waals surface area contributed by atoms with E-state index in [0.717, 1.165) is 0 Å². The highest BCUT2D eigenvalue weighted by molar-refractivity contribution is 6.00. The molecule has 0 bridgehead atoms. The number of nitrogens with one attached hydrogen (secondary N) is 1. The largest absolute Gasteiger partial charge is 0.444 e. The third-order valence-corrected chi connectivity index (χ3v) is 4.35. The first-order valence-corrected chi connectivity index (χ1v) is 9.16. The maximum absolute atomic E-state index is 12.9. The molecule has 0 aliphatic heterocycles. The molecule has 6 heteroatoms. The van der Waals surface area contributed by atoms with Crippen LogP contribution in [-0.2, 0) is 9.53 Å². The van der Waals surface area contributed by atoms with Crippen molar-refractivity contribution < 1.29 is 19.1 Å². The van der Waals surface area contributed by atoms with Crippen LogP contribution in [-0.4, -0.2) is 17.7 Å². The average molecular weight is 398 g/mol. The molecule has 0 saturated carbocycles. The number of carbonyl (C=O) groups excluding carboxylic acids is 3. The molecule has 0 saturated heterocycles. The van der Waals surface area contributed by atoms with Crippen LogP contribution in [0.4, 0.5) is 5.69 Å². The summed E-state index contributed by atoms with van der Waals surface area (Å²) in [4.78, 5) is 37.1. The van der Waals surface area contributed by atoms with Gasteiger partial charge < -0.3 is 10.1 Å². The number of benzene rings is 3. The zero-order chi connectivity index (χ0) is 21.5. The highest BCUT2D eigenvalue weighted by Crippen LogP contribution is 2.22. The minimum absolute atomic E-state index is 0.127. The fourth-order valence-corrected chi connectivity index (χ4v) is 2.78. The summed E-state index contributed by atoms with van der Waals surface area (Å²) in [6, 6.07) is 23.1. The van der Waals surface area contributed by atoms with Crippen molar-refractivity contribution in [3.05, 3.63) is 101 Å². The zero-order valence-electron chi connectivity index (χ0n) is 16.2. The Morgan fingerprint density at radius 1 is 0.900 bits per heavy atom. The highest BCUT2D eigenvalue weighted by atomic mass is 16.5. The molecule has 0 spiro atoms. The van der Waals surface area contributed by atoms with Crippen LogP contribution in [0.25, 0.3) is 0 Å². The van der Waals surface area contributed by atoms with Crippen molar-refractivity contribution in [2.24, 2.45) is 0 Å². The summed E-state index contributed by atoms with van der Waals surface area (Å²) in [6.07, 6.45) is -1.20. The van der Waals surface area contributed by atoms with Gasteiger partial charge in [0, 0.05) is 16.8 Å². The Bertz CT molecular complexity index is 1120. The maximum Gasteiger partial charge on any atom is 0.339 e. The third-order valence-electron chi connectivity index (χ3n) is 4.35. The van der Waals surface area contributed by atoms with Crippen molar-refractivity contribution in [1.29, 1.82) is 5.26 Å². The van der Waals surface area contributed by atoms with Crippen molar-refractivity contribution >= 4 is 23.3 Å². The lowest BCUT2D eigenvalue weighted by Gasteiger charge is -2.18. The van der Waals surface area contributed by atoms with Crippen molar-refractivity contribution in [3.63, 3.8) is 0 Å². The second-order valence-electron chi connectivity index (χ2n) is 6.51. The van der Waals surface area contributed by atoms with Gasteiger partial charge in [0.1, 0.15) is 0 Å². The number of hydrogen-bond donors (Lipinski definition) is 1. The normalized spacial score (nSPS) is 11.1. The van der Waals surface area contributed by atoms with Crippen molar-refractivity contribution in [2.75, 3.05) is 5.32 Å². The number of nitrogens with zero attached hydrogens (tertiary/aromatic N) is 1. The number of hydrogen-bond acceptors (Lipinski definition) is 5. The molecule has 0 aliphatic rings. The first kappa shape index (κ1) is 20.5. The molecular formula is C24H18N2O4. The second-order valence-corrected chi connectivity index (χ2v) is 6.51. The van der Waals surface area contributed by atoms with E-state index in [4.69, 9.17) is 10.00 Å². The Balaban J connectivity index is 1.84. The topological polar surface area (TPSA) is 96.3 Å². The summed E-state index contributed by atoms with van der Waals surface area (Å²) in [6.45, 7) is 1.44. The molecule has 3 aromatic rings. The van der Waals surface area contributed by atoms with E-state index in [2.05, 4.69) is 5.32 Å². The van der Waals surface area contributed by atoms with Crippen LogP contribution >= 0.6 is 0 Å². The number of amides is 1. The predicted octanol–water partition coefficient (Wildman–Crippen LogP) is 4.30. The van der Waals surface area contributed by atoms with E-state index in [0.29, 0.717) is 22.4 Å². The molecule has 6 nitrogen and oxygen atoms in total. The van der Waals surface area contributed by atoms with Gasteiger partial charge in [0.15, 0.2) is 5.78 Å². The van der Waals surface area contributed by atoms with Gasteiger partial charge in [-0.3, -0.25) is 9.59 Å². The van der Waals surface area contributed by atoms with E-state index >= 15 is 0 Å². The van der Waals surface area contributed by atoms with Gasteiger partial charge in [0.05, 0.1) is 17.2 Å². The van der Waals surface area contributed by atoms with Crippen LogP contribution in [0, 0.1) is 11.3 Å². The molecule has 1 atom stereocenters. The number of ether oxygens (including phenoxy) is 1. The van der Waals surface area contributed by atoms with Crippen LogP contribution in [0.15, 0.2) is 78.9 Å². The van der Waals surface area contributed by atoms with Gasteiger partial charge in [-0.2, -0.15) is 5.26 Å². The molecular weight excluding hydrogens is 380 g/mol. The molecule has 1 amide bonds. The molecule has 0 aliphatic carbocycles. The van der Waals surface area contributed by atoms with Gasteiger partial charge in [-0.05, 0) is 43.3 Å². The van der Waals surface area contributed by atoms with Gasteiger partial charge in [-0.25, -0.2) is 4.79 Å². The van der Waals surface area contributed by atoms with E-state index < -0.39 is 18.0 Å². The number of ketones is 1. The maximum atomic E-state index is 12.9. The molecule has 0 fully saturated rings. The number of esters is 1. The van der Waals surface area contributed by atoms with E-state index in [1.807, 2.05) is 6.07 Å². The molecule has 30 heavy (non-hydrogen) atoms. The first-order valence-electron chi connectivity index (χ1n) is 9.16. The van der Waals surface area contributed by atoms with E-state index in [1.54, 1.807) is 54.6 Å². The molecule has 0 aromatic heterocycles. The van der Waals surface area contributed by atoms with E-state index in [1.165, 1.54) is 31.2 Å². The summed E-state index contributed by atoms with van der Waals surface area (Å²) >= 11 is 0. The fraction of sp³-hybridized carbons (Fsp3) is 0.0833. The molecule has 0 heterocycles. The Morgan fingerprint density at radius 3 is 2.23 bits per heavy atom.